The third-order valence-corrected chi connectivity index (χ3v) is 4.05. The van der Waals surface area contributed by atoms with Crippen molar-refractivity contribution in [2.75, 3.05) is 5.32 Å². The van der Waals surface area contributed by atoms with Gasteiger partial charge in [-0.25, -0.2) is 0 Å². The number of rotatable bonds is 7. The zero-order chi connectivity index (χ0) is 19.2. The molecule has 8 heteroatoms. The molecule has 0 atom stereocenters. The number of aryl methyl sites for hydroxylation is 1. The molecule has 0 radical (unpaired) electrons. The number of carbonyl (C=O) groups excluding carboxylic acids is 1. The van der Waals surface area contributed by atoms with Crippen LogP contribution in [-0.4, -0.2) is 30.8 Å². The van der Waals surface area contributed by atoms with Crippen molar-refractivity contribution in [1.29, 1.82) is 0 Å². The first-order chi connectivity index (χ1) is 13.8. The minimum Gasteiger partial charge on any atom is -0.339 e. The number of anilines is 1. The van der Waals surface area contributed by atoms with Gasteiger partial charge in [0.25, 0.3) is 0 Å². The summed E-state index contributed by atoms with van der Waals surface area (Å²) in [5.74, 6) is 1.22. The molecule has 3 heterocycles. The largest absolute Gasteiger partial charge is 0.339 e. The molecule has 1 N–H and O–H groups in total. The molecule has 28 heavy (non-hydrogen) atoms. The molecule has 4 rings (SSSR count). The SMILES string of the molecule is O=C(CCc1nc(-c2cccnc2)no1)Nc1ccn(Cc2ccccc2)n1. The quantitative estimate of drug-likeness (QED) is 0.534. The summed E-state index contributed by atoms with van der Waals surface area (Å²) in [5.41, 5.74) is 1.91. The summed E-state index contributed by atoms with van der Waals surface area (Å²) in [6.07, 6.45) is 5.74. The second kappa shape index (κ2) is 8.26. The molecule has 0 saturated heterocycles. The molecule has 0 aliphatic heterocycles. The Morgan fingerprint density at radius 3 is 2.82 bits per heavy atom. The number of amides is 1. The molecule has 0 bridgehead atoms. The Morgan fingerprint density at radius 1 is 1.11 bits per heavy atom. The van der Waals surface area contributed by atoms with Crippen molar-refractivity contribution in [3.63, 3.8) is 0 Å². The maximum Gasteiger partial charge on any atom is 0.227 e. The van der Waals surface area contributed by atoms with Crippen molar-refractivity contribution in [1.82, 2.24) is 24.9 Å². The maximum absolute atomic E-state index is 12.2. The van der Waals surface area contributed by atoms with E-state index in [9.17, 15) is 4.79 Å². The van der Waals surface area contributed by atoms with Gasteiger partial charge in [0.05, 0.1) is 6.54 Å². The van der Waals surface area contributed by atoms with Crippen LogP contribution in [0.25, 0.3) is 11.4 Å². The van der Waals surface area contributed by atoms with Crippen molar-refractivity contribution < 1.29 is 9.32 Å². The van der Waals surface area contributed by atoms with Crippen molar-refractivity contribution in [2.45, 2.75) is 19.4 Å². The van der Waals surface area contributed by atoms with E-state index in [1.54, 1.807) is 29.2 Å². The molecule has 0 aliphatic carbocycles. The van der Waals surface area contributed by atoms with Crippen LogP contribution in [0.5, 0.6) is 0 Å². The topological polar surface area (TPSA) is 98.7 Å². The summed E-state index contributed by atoms with van der Waals surface area (Å²) >= 11 is 0. The van der Waals surface area contributed by atoms with E-state index in [0.717, 1.165) is 11.1 Å². The Morgan fingerprint density at radius 2 is 2.00 bits per heavy atom. The summed E-state index contributed by atoms with van der Waals surface area (Å²) in [6, 6.07) is 15.4. The van der Waals surface area contributed by atoms with E-state index in [1.807, 2.05) is 42.6 Å². The first kappa shape index (κ1) is 17.6. The fourth-order valence-corrected chi connectivity index (χ4v) is 2.68. The van der Waals surface area contributed by atoms with Gasteiger partial charge in [-0.05, 0) is 17.7 Å². The smallest absolute Gasteiger partial charge is 0.227 e. The highest BCUT2D eigenvalue weighted by atomic mass is 16.5. The Balaban J connectivity index is 1.29. The highest BCUT2D eigenvalue weighted by Gasteiger charge is 2.11. The van der Waals surface area contributed by atoms with Crippen LogP contribution in [0.1, 0.15) is 17.9 Å². The molecule has 0 saturated carbocycles. The fourth-order valence-electron chi connectivity index (χ4n) is 2.68. The number of hydrogen-bond donors (Lipinski definition) is 1. The molecule has 3 aromatic heterocycles. The molecule has 140 valence electrons. The van der Waals surface area contributed by atoms with E-state index < -0.39 is 0 Å². The van der Waals surface area contributed by atoms with Crippen molar-refractivity contribution in [2.24, 2.45) is 0 Å². The van der Waals surface area contributed by atoms with Gasteiger partial charge in [0, 0.05) is 43.1 Å². The van der Waals surface area contributed by atoms with E-state index in [-0.39, 0.29) is 12.3 Å². The fraction of sp³-hybridized carbons (Fsp3) is 0.150. The summed E-state index contributed by atoms with van der Waals surface area (Å²) in [7, 11) is 0. The minimum absolute atomic E-state index is 0.161. The van der Waals surface area contributed by atoms with Gasteiger partial charge in [-0.3, -0.25) is 14.5 Å². The van der Waals surface area contributed by atoms with Crippen LogP contribution >= 0.6 is 0 Å². The molecule has 0 unspecified atom stereocenters. The van der Waals surface area contributed by atoms with Gasteiger partial charge >= 0.3 is 0 Å². The summed E-state index contributed by atoms with van der Waals surface area (Å²) in [4.78, 5) is 20.5. The van der Waals surface area contributed by atoms with Gasteiger partial charge in [0.1, 0.15) is 0 Å². The summed E-state index contributed by atoms with van der Waals surface area (Å²) < 4.78 is 6.98. The highest BCUT2D eigenvalue weighted by molar-refractivity contribution is 5.89. The lowest BCUT2D eigenvalue weighted by Crippen LogP contribution is -2.13. The van der Waals surface area contributed by atoms with Crippen molar-refractivity contribution in [3.8, 4) is 11.4 Å². The van der Waals surface area contributed by atoms with Crippen molar-refractivity contribution in [3.05, 3.63) is 78.6 Å². The first-order valence-electron chi connectivity index (χ1n) is 8.86. The predicted octanol–water partition coefficient (Wildman–Crippen LogP) is 2.95. The van der Waals surface area contributed by atoms with Gasteiger partial charge in [-0.15, -0.1) is 0 Å². The number of hydrogen-bond acceptors (Lipinski definition) is 6. The minimum atomic E-state index is -0.161. The second-order valence-corrected chi connectivity index (χ2v) is 6.19. The zero-order valence-electron chi connectivity index (χ0n) is 15.0. The standard InChI is InChI=1S/C20H18N6O2/c27-18(8-9-19-23-20(25-28-19)16-7-4-11-21-13-16)22-17-10-12-26(24-17)14-15-5-2-1-3-6-15/h1-7,10-13H,8-9,14H2,(H,22,24,27). The Hall–Kier alpha value is -3.81. The van der Waals surface area contributed by atoms with E-state index in [1.165, 1.54) is 0 Å². The van der Waals surface area contributed by atoms with Crippen LogP contribution in [0.2, 0.25) is 0 Å². The molecule has 0 spiro atoms. The molecule has 8 nitrogen and oxygen atoms in total. The molecule has 4 aromatic rings. The number of nitrogens with one attached hydrogen (secondary N) is 1. The predicted molar refractivity (Wildman–Crippen MR) is 102 cm³/mol. The molecular weight excluding hydrogens is 356 g/mol. The van der Waals surface area contributed by atoms with E-state index in [0.29, 0.717) is 30.5 Å². The summed E-state index contributed by atoms with van der Waals surface area (Å²) in [6.45, 7) is 0.649. The molecular formula is C20H18N6O2. The Labute approximate surface area is 161 Å². The number of aromatic nitrogens is 5. The number of carbonyl (C=O) groups is 1. The van der Waals surface area contributed by atoms with Gasteiger partial charge in [-0.1, -0.05) is 35.5 Å². The number of benzene rings is 1. The summed E-state index contributed by atoms with van der Waals surface area (Å²) in [5, 5.41) is 11.1. The Bertz CT molecular complexity index is 1040. The third-order valence-electron chi connectivity index (χ3n) is 4.05. The average molecular weight is 374 g/mol. The normalized spacial score (nSPS) is 10.7. The molecule has 0 fully saturated rings. The van der Waals surface area contributed by atoms with E-state index in [4.69, 9.17) is 4.52 Å². The van der Waals surface area contributed by atoms with Crippen LogP contribution in [0.3, 0.4) is 0 Å². The number of pyridine rings is 1. The van der Waals surface area contributed by atoms with Crippen LogP contribution < -0.4 is 5.32 Å². The Kier molecular flexibility index (Phi) is 5.19. The van der Waals surface area contributed by atoms with Crippen LogP contribution in [0.4, 0.5) is 5.82 Å². The van der Waals surface area contributed by atoms with Crippen LogP contribution in [0.15, 0.2) is 71.6 Å². The lowest BCUT2D eigenvalue weighted by molar-refractivity contribution is -0.116. The van der Waals surface area contributed by atoms with E-state index in [2.05, 4.69) is 25.5 Å². The zero-order valence-corrected chi connectivity index (χ0v) is 15.0. The first-order valence-corrected chi connectivity index (χ1v) is 8.86. The molecule has 0 aliphatic rings. The average Bonchev–Trinajstić information content (AvgIpc) is 3.38. The van der Waals surface area contributed by atoms with E-state index >= 15 is 0 Å². The highest BCUT2D eigenvalue weighted by Crippen LogP contribution is 2.14. The van der Waals surface area contributed by atoms with Crippen LogP contribution in [0, 0.1) is 0 Å². The maximum atomic E-state index is 12.2. The van der Waals surface area contributed by atoms with Gasteiger partial charge in [-0.2, -0.15) is 10.1 Å². The van der Waals surface area contributed by atoms with Gasteiger partial charge in [0.2, 0.25) is 17.6 Å². The second-order valence-electron chi connectivity index (χ2n) is 6.19. The van der Waals surface area contributed by atoms with Gasteiger partial charge in [0.15, 0.2) is 5.82 Å². The lowest BCUT2D eigenvalue weighted by Gasteiger charge is -2.02. The van der Waals surface area contributed by atoms with Crippen LogP contribution in [-0.2, 0) is 17.8 Å². The third kappa shape index (κ3) is 4.47. The molecule has 1 aromatic carbocycles. The number of nitrogens with zero attached hydrogens (tertiary/aromatic N) is 5. The lowest BCUT2D eigenvalue weighted by atomic mass is 10.2. The van der Waals surface area contributed by atoms with Gasteiger partial charge < -0.3 is 9.84 Å². The molecule has 1 amide bonds. The monoisotopic (exact) mass is 374 g/mol. The van der Waals surface area contributed by atoms with Crippen molar-refractivity contribution >= 4 is 11.7 Å².